The van der Waals surface area contributed by atoms with Crippen molar-refractivity contribution in [2.45, 2.75) is 44.3 Å². The summed E-state index contributed by atoms with van der Waals surface area (Å²) in [6.45, 7) is 7.78. The number of benzene rings is 1. The number of hydrogen-bond acceptors (Lipinski definition) is 5. The van der Waals surface area contributed by atoms with Crippen LogP contribution in [0.4, 0.5) is 11.6 Å². The summed E-state index contributed by atoms with van der Waals surface area (Å²) in [4.78, 5) is 35.3. The van der Waals surface area contributed by atoms with Crippen molar-refractivity contribution in [1.82, 2.24) is 14.9 Å². The molecule has 2 aromatic rings. The lowest BCUT2D eigenvalue weighted by atomic mass is 9.90. The van der Waals surface area contributed by atoms with Crippen molar-refractivity contribution in [1.29, 1.82) is 0 Å². The Balaban J connectivity index is 1.43. The zero-order chi connectivity index (χ0) is 21.1. The van der Waals surface area contributed by atoms with Gasteiger partial charge in [-0.1, -0.05) is 25.3 Å². The predicted octanol–water partition coefficient (Wildman–Crippen LogP) is 3.62. The molecule has 2 atom stereocenters. The Hall–Kier alpha value is -3.48. The molecule has 30 heavy (non-hydrogen) atoms. The van der Waals surface area contributed by atoms with Gasteiger partial charge in [-0.3, -0.25) is 9.59 Å². The minimum Gasteiger partial charge on any atom is -0.351 e. The summed E-state index contributed by atoms with van der Waals surface area (Å²) >= 11 is 0. The van der Waals surface area contributed by atoms with Crippen molar-refractivity contribution in [2.24, 2.45) is 0 Å². The second-order valence-electron chi connectivity index (χ2n) is 7.70. The molecule has 2 amide bonds. The van der Waals surface area contributed by atoms with Gasteiger partial charge in [-0.05, 0) is 49.5 Å². The molecule has 2 N–H and O–H groups in total. The minimum atomic E-state index is -0.290. The van der Waals surface area contributed by atoms with Crippen LogP contribution in [0.2, 0.25) is 0 Å². The third kappa shape index (κ3) is 4.10. The van der Waals surface area contributed by atoms with Gasteiger partial charge in [0.2, 0.25) is 11.9 Å². The third-order valence-corrected chi connectivity index (χ3v) is 5.72. The summed E-state index contributed by atoms with van der Waals surface area (Å²) in [6, 6.07) is 5.88. The van der Waals surface area contributed by atoms with Crippen LogP contribution < -0.4 is 10.6 Å². The van der Waals surface area contributed by atoms with Crippen LogP contribution in [0, 0.1) is 0 Å². The van der Waals surface area contributed by atoms with Crippen LogP contribution in [0.5, 0.6) is 0 Å². The van der Waals surface area contributed by atoms with Gasteiger partial charge in [-0.15, -0.1) is 0 Å². The number of fused-ring (bicyclic) bond motifs is 1. The molecule has 7 heteroatoms. The van der Waals surface area contributed by atoms with Gasteiger partial charge < -0.3 is 15.5 Å². The van der Waals surface area contributed by atoms with Crippen molar-refractivity contribution >= 4 is 29.5 Å². The highest BCUT2D eigenvalue weighted by atomic mass is 16.2. The summed E-state index contributed by atoms with van der Waals surface area (Å²) in [6.07, 6.45) is 10.3. The Morgan fingerprint density at radius 3 is 2.73 bits per heavy atom. The molecular formula is C23H25N5O2. The molecule has 0 unspecified atom stereocenters. The maximum absolute atomic E-state index is 13.1. The van der Waals surface area contributed by atoms with Crippen LogP contribution in [0.3, 0.4) is 0 Å². The van der Waals surface area contributed by atoms with Gasteiger partial charge in [0.25, 0.3) is 5.91 Å². The maximum Gasteiger partial charge on any atom is 0.254 e. The molecule has 1 aromatic carbocycles. The molecule has 154 valence electrons. The van der Waals surface area contributed by atoms with E-state index >= 15 is 0 Å². The summed E-state index contributed by atoms with van der Waals surface area (Å²) in [5.74, 6) is 0.337. The van der Waals surface area contributed by atoms with E-state index in [0.717, 1.165) is 36.8 Å². The Morgan fingerprint density at radius 2 is 2.00 bits per heavy atom. The fourth-order valence-corrected chi connectivity index (χ4v) is 4.17. The molecule has 1 aliphatic heterocycles. The second-order valence-corrected chi connectivity index (χ2v) is 7.70. The van der Waals surface area contributed by atoms with Crippen LogP contribution in [-0.2, 0) is 11.3 Å². The number of carbonyl (C=O) groups is 2. The average Bonchev–Trinajstić information content (AvgIpc) is 3.10. The van der Waals surface area contributed by atoms with Gasteiger partial charge in [0.05, 0.1) is 0 Å². The van der Waals surface area contributed by atoms with E-state index in [9.17, 15) is 9.59 Å². The Labute approximate surface area is 175 Å². The van der Waals surface area contributed by atoms with E-state index in [1.807, 2.05) is 17.0 Å². The normalized spacial score (nSPS) is 20.4. The van der Waals surface area contributed by atoms with Crippen LogP contribution in [0.1, 0.15) is 47.2 Å². The van der Waals surface area contributed by atoms with Crippen molar-refractivity contribution in [3.05, 3.63) is 66.5 Å². The smallest absolute Gasteiger partial charge is 0.254 e. The van der Waals surface area contributed by atoms with Gasteiger partial charge in [0, 0.05) is 47.8 Å². The number of amides is 2. The van der Waals surface area contributed by atoms with E-state index in [4.69, 9.17) is 0 Å². The van der Waals surface area contributed by atoms with Crippen LogP contribution in [0.15, 0.2) is 49.8 Å². The van der Waals surface area contributed by atoms with Gasteiger partial charge in [0.15, 0.2) is 0 Å². The van der Waals surface area contributed by atoms with E-state index in [1.54, 1.807) is 24.5 Å². The lowest BCUT2D eigenvalue weighted by Gasteiger charge is -2.35. The zero-order valence-corrected chi connectivity index (χ0v) is 16.8. The maximum atomic E-state index is 13.1. The highest BCUT2D eigenvalue weighted by molar-refractivity contribution is 6.02. The standard InChI is InChI=1S/C23H25N5O2/c1-3-15-12-24-23(25-13-15)27-17-6-5-7-19(10-17)28-14-16-8-9-18(26-21(29)4-2)11-20(16)22(28)30/h3-4,8-9,11-13,17,19H,1-2,5-7,10,14H2,(H,26,29)(H,24,25,27)/t17-,19+/m1/s1. The average molecular weight is 403 g/mol. The molecule has 7 nitrogen and oxygen atoms in total. The van der Waals surface area contributed by atoms with Crippen molar-refractivity contribution in [3.63, 3.8) is 0 Å². The third-order valence-electron chi connectivity index (χ3n) is 5.72. The molecule has 0 radical (unpaired) electrons. The van der Waals surface area contributed by atoms with Gasteiger partial charge in [-0.25, -0.2) is 9.97 Å². The quantitative estimate of drug-likeness (QED) is 0.720. The summed E-state index contributed by atoms with van der Waals surface area (Å²) in [5, 5.41) is 6.13. The zero-order valence-electron chi connectivity index (χ0n) is 16.8. The molecule has 4 rings (SSSR count). The van der Waals surface area contributed by atoms with Crippen LogP contribution in [-0.4, -0.2) is 38.8 Å². The number of nitrogens with one attached hydrogen (secondary N) is 2. The van der Waals surface area contributed by atoms with E-state index in [1.165, 1.54) is 6.08 Å². The first-order valence-electron chi connectivity index (χ1n) is 10.2. The molecule has 0 saturated heterocycles. The van der Waals surface area contributed by atoms with Crippen LogP contribution >= 0.6 is 0 Å². The molecule has 1 fully saturated rings. The molecule has 1 aliphatic carbocycles. The minimum absolute atomic E-state index is 0.0249. The molecule has 2 heterocycles. The first kappa shape index (κ1) is 19.8. The number of anilines is 2. The van der Waals surface area contributed by atoms with E-state index in [0.29, 0.717) is 23.7 Å². The highest BCUT2D eigenvalue weighted by Crippen LogP contribution is 2.33. The molecule has 0 spiro atoms. The Kier molecular flexibility index (Phi) is 5.61. The summed E-state index contributed by atoms with van der Waals surface area (Å²) in [5.41, 5.74) is 3.15. The summed E-state index contributed by atoms with van der Waals surface area (Å²) in [7, 11) is 0. The molecule has 0 bridgehead atoms. The molecule has 1 aromatic heterocycles. The number of aromatic nitrogens is 2. The van der Waals surface area contributed by atoms with E-state index in [-0.39, 0.29) is 23.9 Å². The lowest BCUT2D eigenvalue weighted by molar-refractivity contribution is -0.111. The molecule has 2 aliphatic rings. The van der Waals surface area contributed by atoms with Crippen LogP contribution in [0.25, 0.3) is 6.08 Å². The van der Waals surface area contributed by atoms with Crippen molar-refractivity contribution < 1.29 is 9.59 Å². The van der Waals surface area contributed by atoms with E-state index < -0.39 is 0 Å². The van der Waals surface area contributed by atoms with Gasteiger partial charge in [-0.2, -0.15) is 0 Å². The number of nitrogens with zero attached hydrogens (tertiary/aromatic N) is 3. The number of hydrogen-bond donors (Lipinski definition) is 2. The predicted molar refractivity (Wildman–Crippen MR) is 117 cm³/mol. The van der Waals surface area contributed by atoms with Gasteiger partial charge >= 0.3 is 0 Å². The second kappa shape index (κ2) is 8.49. The topological polar surface area (TPSA) is 87.2 Å². The molecular weight excluding hydrogens is 378 g/mol. The Bertz CT molecular complexity index is 986. The fourth-order valence-electron chi connectivity index (χ4n) is 4.17. The Morgan fingerprint density at radius 1 is 1.20 bits per heavy atom. The fraction of sp³-hybridized carbons (Fsp3) is 0.304. The molecule has 1 saturated carbocycles. The van der Waals surface area contributed by atoms with E-state index in [2.05, 4.69) is 33.8 Å². The lowest BCUT2D eigenvalue weighted by Crippen LogP contribution is -2.42. The summed E-state index contributed by atoms with van der Waals surface area (Å²) < 4.78 is 0. The van der Waals surface area contributed by atoms with Gasteiger partial charge in [0.1, 0.15) is 0 Å². The SMILES string of the molecule is C=CC(=O)Nc1ccc2c(c1)C(=O)N([C@H]1CCC[C@@H](Nc3ncc(C=C)cn3)C1)C2. The largest absolute Gasteiger partial charge is 0.351 e. The van der Waals surface area contributed by atoms with Crippen molar-refractivity contribution in [2.75, 3.05) is 10.6 Å². The monoisotopic (exact) mass is 403 g/mol. The first-order valence-corrected chi connectivity index (χ1v) is 10.2. The van der Waals surface area contributed by atoms with Crippen molar-refractivity contribution in [3.8, 4) is 0 Å². The highest BCUT2D eigenvalue weighted by Gasteiger charge is 2.35. The first-order chi connectivity index (χ1) is 14.6. The number of carbonyl (C=O) groups excluding carboxylic acids is 2. The number of rotatable bonds is 6.